The molecule has 0 aromatic heterocycles. The largest absolute Gasteiger partial charge is 0.478 e. The number of nitrogen functional groups attached to an aromatic ring is 1. The van der Waals surface area contributed by atoms with Crippen LogP contribution in [-0.2, 0) is 0 Å². The summed E-state index contributed by atoms with van der Waals surface area (Å²) in [6.45, 7) is 3.98. The molecule has 4 N–H and O–H groups in total. The van der Waals surface area contributed by atoms with Crippen LogP contribution >= 0.6 is 0 Å². The van der Waals surface area contributed by atoms with E-state index < -0.39 is 5.97 Å². The summed E-state index contributed by atoms with van der Waals surface area (Å²) in [4.78, 5) is 10.7. The van der Waals surface area contributed by atoms with Crippen LogP contribution in [0.1, 0.15) is 35.7 Å². The first-order valence-corrected chi connectivity index (χ1v) is 4.40. The zero-order valence-electron chi connectivity index (χ0n) is 8.24. The minimum Gasteiger partial charge on any atom is -0.478 e. The summed E-state index contributed by atoms with van der Waals surface area (Å²) in [6, 6.07) is 4.85. The molecule has 0 fully saturated rings. The Morgan fingerprint density at radius 3 is 2.57 bits per heavy atom. The van der Waals surface area contributed by atoms with Crippen LogP contribution in [0.2, 0.25) is 0 Å². The maximum absolute atomic E-state index is 10.7. The molecule has 0 amide bonds. The molecule has 0 atom stereocenters. The molecule has 0 heterocycles. The Hall–Kier alpha value is -1.55. The van der Waals surface area contributed by atoms with E-state index in [-0.39, 0.29) is 11.5 Å². The predicted molar refractivity (Wildman–Crippen MR) is 55.3 cm³/mol. The number of aromatic carboxylic acids is 1. The lowest BCUT2D eigenvalue weighted by molar-refractivity contribution is 0.0697. The molecule has 0 aliphatic heterocycles. The van der Waals surface area contributed by atoms with E-state index in [4.69, 9.17) is 10.9 Å². The van der Waals surface area contributed by atoms with Gasteiger partial charge in [-0.15, -0.1) is 0 Å². The topological polar surface area (TPSA) is 75.3 Å². The summed E-state index contributed by atoms with van der Waals surface area (Å²) in [5, 5.41) is 8.80. The molecule has 14 heavy (non-hydrogen) atoms. The minimum absolute atomic E-state index is 0.236. The van der Waals surface area contributed by atoms with Crippen molar-refractivity contribution in [2.75, 3.05) is 5.43 Å². The van der Waals surface area contributed by atoms with Gasteiger partial charge in [0.1, 0.15) is 0 Å². The van der Waals surface area contributed by atoms with Crippen molar-refractivity contribution < 1.29 is 9.90 Å². The van der Waals surface area contributed by atoms with E-state index in [0.717, 1.165) is 11.3 Å². The highest BCUT2D eigenvalue weighted by atomic mass is 16.4. The lowest BCUT2D eigenvalue weighted by Crippen LogP contribution is -2.11. The van der Waals surface area contributed by atoms with Gasteiger partial charge in [-0.3, -0.25) is 5.84 Å². The fraction of sp³-hybridized carbons (Fsp3) is 0.300. The number of hydrogen-bond acceptors (Lipinski definition) is 3. The number of carbonyl (C=O) groups is 1. The fourth-order valence-corrected chi connectivity index (χ4v) is 1.30. The van der Waals surface area contributed by atoms with Crippen molar-refractivity contribution in [3.8, 4) is 0 Å². The highest BCUT2D eigenvalue weighted by Crippen LogP contribution is 2.24. The van der Waals surface area contributed by atoms with E-state index >= 15 is 0 Å². The molecule has 0 aliphatic carbocycles. The van der Waals surface area contributed by atoms with Gasteiger partial charge >= 0.3 is 5.97 Å². The van der Waals surface area contributed by atoms with Crippen LogP contribution in [0, 0.1) is 0 Å². The number of carboxylic acid groups (broad SMARTS) is 1. The van der Waals surface area contributed by atoms with Gasteiger partial charge in [0, 0.05) is 0 Å². The van der Waals surface area contributed by atoms with E-state index in [2.05, 4.69) is 5.43 Å². The van der Waals surface area contributed by atoms with Crippen LogP contribution in [0.3, 0.4) is 0 Å². The Bertz CT molecular complexity index is 348. The first-order chi connectivity index (χ1) is 6.56. The molecule has 0 radical (unpaired) electrons. The Kier molecular flexibility index (Phi) is 3.09. The smallest absolute Gasteiger partial charge is 0.335 e. The summed E-state index contributed by atoms with van der Waals surface area (Å²) in [7, 11) is 0. The average molecular weight is 194 g/mol. The summed E-state index contributed by atoms with van der Waals surface area (Å²) >= 11 is 0. The van der Waals surface area contributed by atoms with Gasteiger partial charge in [-0.2, -0.15) is 0 Å². The quantitative estimate of drug-likeness (QED) is 0.506. The second-order valence-electron chi connectivity index (χ2n) is 3.41. The molecule has 76 valence electrons. The molecule has 1 rings (SSSR count). The van der Waals surface area contributed by atoms with E-state index in [0.29, 0.717) is 0 Å². The Balaban J connectivity index is 3.20. The minimum atomic E-state index is -0.921. The number of rotatable bonds is 3. The van der Waals surface area contributed by atoms with Gasteiger partial charge in [0.2, 0.25) is 0 Å². The number of nitrogens with two attached hydrogens (primary N) is 1. The maximum Gasteiger partial charge on any atom is 0.335 e. The highest BCUT2D eigenvalue weighted by molar-refractivity contribution is 5.88. The van der Waals surface area contributed by atoms with Gasteiger partial charge < -0.3 is 10.5 Å². The van der Waals surface area contributed by atoms with Crippen molar-refractivity contribution in [3.05, 3.63) is 29.3 Å². The molecule has 0 saturated heterocycles. The SMILES string of the molecule is CC(C)c1cc(C(=O)O)ccc1NN. The van der Waals surface area contributed by atoms with Gasteiger partial charge in [0.25, 0.3) is 0 Å². The molecular formula is C10H14N2O2. The molecule has 1 aromatic rings. The molecular weight excluding hydrogens is 180 g/mol. The summed E-state index contributed by atoms with van der Waals surface area (Å²) in [6.07, 6.45) is 0. The van der Waals surface area contributed by atoms with Crippen molar-refractivity contribution in [2.45, 2.75) is 19.8 Å². The molecule has 4 nitrogen and oxygen atoms in total. The van der Waals surface area contributed by atoms with Crippen molar-refractivity contribution >= 4 is 11.7 Å². The standard InChI is InChI=1S/C10H14N2O2/c1-6(2)8-5-7(10(13)14)3-4-9(8)12-11/h3-6,12H,11H2,1-2H3,(H,13,14). The summed E-state index contributed by atoms with van der Waals surface area (Å²) in [5.41, 5.74) is 4.51. The van der Waals surface area contributed by atoms with Crippen molar-refractivity contribution in [1.29, 1.82) is 0 Å². The third kappa shape index (κ3) is 2.03. The predicted octanol–water partition coefficient (Wildman–Crippen LogP) is 1.79. The monoisotopic (exact) mass is 194 g/mol. The van der Waals surface area contributed by atoms with Crippen LogP contribution in [-0.4, -0.2) is 11.1 Å². The number of hydrazine groups is 1. The van der Waals surface area contributed by atoms with Gasteiger partial charge in [0.15, 0.2) is 0 Å². The zero-order valence-corrected chi connectivity index (χ0v) is 8.24. The van der Waals surface area contributed by atoms with E-state index in [9.17, 15) is 4.79 Å². The molecule has 4 heteroatoms. The molecule has 1 aromatic carbocycles. The van der Waals surface area contributed by atoms with Crippen LogP contribution in [0.15, 0.2) is 18.2 Å². The number of carboxylic acids is 1. The van der Waals surface area contributed by atoms with Gasteiger partial charge in [-0.25, -0.2) is 4.79 Å². The Morgan fingerprint density at radius 1 is 1.50 bits per heavy atom. The Labute approximate surface area is 82.7 Å². The van der Waals surface area contributed by atoms with Crippen LogP contribution < -0.4 is 11.3 Å². The highest BCUT2D eigenvalue weighted by Gasteiger charge is 2.10. The molecule has 0 unspecified atom stereocenters. The van der Waals surface area contributed by atoms with Crippen molar-refractivity contribution in [1.82, 2.24) is 0 Å². The number of benzene rings is 1. The van der Waals surface area contributed by atoms with E-state index in [1.165, 1.54) is 6.07 Å². The lowest BCUT2D eigenvalue weighted by Gasteiger charge is -2.12. The van der Waals surface area contributed by atoms with Crippen LogP contribution in [0.25, 0.3) is 0 Å². The summed E-state index contributed by atoms with van der Waals surface area (Å²) in [5.74, 6) is 4.63. The third-order valence-corrected chi connectivity index (χ3v) is 2.08. The summed E-state index contributed by atoms with van der Waals surface area (Å²) < 4.78 is 0. The van der Waals surface area contributed by atoms with Crippen LogP contribution in [0.5, 0.6) is 0 Å². The zero-order chi connectivity index (χ0) is 10.7. The van der Waals surface area contributed by atoms with Gasteiger partial charge in [-0.05, 0) is 29.7 Å². The second-order valence-corrected chi connectivity index (χ2v) is 3.41. The molecule has 0 aliphatic rings. The number of anilines is 1. The fourth-order valence-electron chi connectivity index (χ4n) is 1.30. The average Bonchev–Trinajstić information content (AvgIpc) is 2.16. The Morgan fingerprint density at radius 2 is 2.14 bits per heavy atom. The molecule has 0 spiro atoms. The maximum atomic E-state index is 10.7. The first-order valence-electron chi connectivity index (χ1n) is 4.40. The van der Waals surface area contributed by atoms with Crippen molar-refractivity contribution in [3.63, 3.8) is 0 Å². The van der Waals surface area contributed by atoms with Gasteiger partial charge in [-0.1, -0.05) is 13.8 Å². The normalized spacial score (nSPS) is 10.3. The number of hydrogen-bond donors (Lipinski definition) is 3. The molecule has 0 bridgehead atoms. The molecule has 0 saturated carbocycles. The number of nitrogens with one attached hydrogen (secondary N) is 1. The second kappa shape index (κ2) is 4.11. The first kappa shape index (κ1) is 10.5. The lowest BCUT2D eigenvalue weighted by atomic mass is 9.99. The van der Waals surface area contributed by atoms with E-state index in [1.54, 1.807) is 12.1 Å². The van der Waals surface area contributed by atoms with Crippen LogP contribution in [0.4, 0.5) is 5.69 Å². The van der Waals surface area contributed by atoms with E-state index in [1.807, 2.05) is 13.8 Å². The van der Waals surface area contributed by atoms with Crippen molar-refractivity contribution in [2.24, 2.45) is 5.84 Å². The third-order valence-electron chi connectivity index (χ3n) is 2.08. The van der Waals surface area contributed by atoms with Gasteiger partial charge in [0.05, 0.1) is 11.3 Å².